The summed E-state index contributed by atoms with van der Waals surface area (Å²) in [5.41, 5.74) is 6.22. The van der Waals surface area contributed by atoms with Gasteiger partial charge >= 0.3 is 5.97 Å². The molecule has 0 spiro atoms. The molecule has 0 saturated carbocycles. The van der Waals surface area contributed by atoms with Gasteiger partial charge in [0.25, 0.3) is 15.9 Å². The maximum atomic E-state index is 13.6. The summed E-state index contributed by atoms with van der Waals surface area (Å²) in [5.74, 6) is -2.06. The number of hydrogen-bond acceptors (Lipinski definition) is 6. The second kappa shape index (κ2) is 10.6. The number of ether oxygens (including phenoxy) is 1. The zero-order valence-corrected chi connectivity index (χ0v) is 19.5. The van der Waals surface area contributed by atoms with Gasteiger partial charge in [-0.2, -0.15) is 0 Å². The van der Waals surface area contributed by atoms with Crippen LogP contribution in [0.2, 0.25) is 0 Å². The largest absolute Gasteiger partial charge is 0.462 e. The Labute approximate surface area is 195 Å². The van der Waals surface area contributed by atoms with Crippen LogP contribution in [0.5, 0.6) is 0 Å². The van der Waals surface area contributed by atoms with Crippen molar-refractivity contribution < 1.29 is 27.1 Å². The molecule has 0 saturated heterocycles. The zero-order chi connectivity index (χ0) is 24.0. The van der Waals surface area contributed by atoms with Gasteiger partial charge in [0, 0.05) is 6.54 Å². The van der Waals surface area contributed by atoms with Crippen LogP contribution in [-0.4, -0.2) is 33.4 Å². The number of esters is 1. The van der Waals surface area contributed by atoms with Crippen LogP contribution in [0.15, 0.2) is 64.9 Å². The van der Waals surface area contributed by atoms with Crippen LogP contribution in [0.1, 0.15) is 38.9 Å². The molecule has 0 atom stereocenters. The molecular formula is C23H23FN2O5S2. The van der Waals surface area contributed by atoms with Gasteiger partial charge in [-0.15, -0.1) is 11.3 Å². The number of hydrogen-bond donors (Lipinski definition) is 1. The Morgan fingerprint density at radius 2 is 1.91 bits per heavy atom. The Kier molecular flexibility index (Phi) is 7.83. The highest BCUT2D eigenvalue weighted by Gasteiger charge is 2.29. The van der Waals surface area contributed by atoms with Crippen LogP contribution in [-0.2, 0) is 21.2 Å². The average Bonchev–Trinajstić information content (AvgIpc) is 3.34. The molecule has 10 heteroatoms. The Balaban J connectivity index is 0.000000257. The molecule has 1 aromatic heterocycles. The Bertz CT molecular complexity index is 1240. The number of thiophene rings is 1. The zero-order valence-electron chi connectivity index (χ0n) is 17.9. The normalized spacial score (nSPS) is 12.8. The molecule has 2 aromatic carbocycles. The number of aryl methyl sites for hydroxylation is 1. The highest BCUT2D eigenvalue weighted by molar-refractivity contribution is 7.92. The fourth-order valence-corrected chi connectivity index (χ4v) is 5.51. The average molecular weight is 491 g/mol. The smallest absolute Gasteiger partial charge is 0.348 e. The number of rotatable bonds is 5. The Hall–Kier alpha value is -3.24. The molecule has 0 radical (unpaired) electrons. The van der Waals surface area contributed by atoms with E-state index in [0.717, 1.165) is 30.2 Å². The number of nitrogens with two attached hydrogens (primary N) is 1. The number of para-hydroxylation sites is 1. The number of fused-ring (bicyclic) bond motifs is 1. The second-order valence-electron chi connectivity index (χ2n) is 7.01. The molecule has 0 fully saturated rings. The first-order chi connectivity index (χ1) is 15.8. The molecule has 3 aromatic rings. The first kappa shape index (κ1) is 24.4. The third-order valence-electron chi connectivity index (χ3n) is 4.86. The molecule has 0 unspecified atom stereocenters. The number of amides is 1. The molecule has 2 N–H and O–H groups in total. The van der Waals surface area contributed by atoms with Gasteiger partial charge < -0.3 is 10.5 Å². The summed E-state index contributed by atoms with van der Waals surface area (Å²) < 4.78 is 45.4. The van der Waals surface area contributed by atoms with Crippen molar-refractivity contribution in [3.63, 3.8) is 0 Å². The highest BCUT2D eigenvalue weighted by atomic mass is 32.2. The minimum absolute atomic E-state index is 0.149. The number of nitrogens with zero attached hydrogens (tertiary/aromatic N) is 1. The molecule has 1 aliphatic rings. The number of sulfonamides is 1. The third kappa shape index (κ3) is 5.58. The molecule has 33 heavy (non-hydrogen) atoms. The van der Waals surface area contributed by atoms with E-state index in [4.69, 9.17) is 10.5 Å². The van der Waals surface area contributed by atoms with Gasteiger partial charge in [-0.05, 0) is 61.0 Å². The number of primary amides is 1. The van der Waals surface area contributed by atoms with Crippen molar-refractivity contribution in [2.45, 2.75) is 24.7 Å². The number of carbonyl (C=O) groups excluding carboxylic acids is 2. The fourth-order valence-electron chi connectivity index (χ4n) is 3.33. The summed E-state index contributed by atoms with van der Waals surface area (Å²) in [5, 5.41) is 1.85. The lowest BCUT2D eigenvalue weighted by Crippen LogP contribution is -2.35. The Morgan fingerprint density at radius 1 is 1.15 bits per heavy atom. The van der Waals surface area contributed by atoms with Crippen LogP contribution in [0.25, 0.3) is 0 Å². The predicted octanol–water partition coefficient (Wildman–Crippen LogP) is 3.99. The highest BCUT2D eigenvalue weighted by Crippen LogP contribution is 2.32. The molecule has 2 heterocycles. The van der Waals surface area contributed by atoms with Gasteiger partial charge in [-0.1, -0.05) is 24.3 Å². The van der Waals surface area contributed by atoms with E-state index >= 15 is 0 Å². The van der Waals surface area contributed by atoms with Crippen LogP contribution < -0.4 is 10.0 Å². The van der Waals surface area contributed by atoms with Gasteiger partial charge in [0.15, 0.2) is 0 Å². The van der Waals surface area contributed by atoms with Crippen molar-refractivity contribution in [1.29, 1.82) is 0 Å². The SMILES string of the molecule is CCOC(=O)c1cccs1.NC(=O)c1cc(S(=O)(=O)N2CCCc3ccccc32)ccc1F. The van der Waals surface area contributed by atoms with Crippen molar-refractivity contribution >= 4 is 38.9 Å². The predicted molar refractivity (Wildman–Crippen MR) is 124 cm³/mol. The summed E-state index contributed by atoms with van der Waals surface area (Å²) >= 11 is 1.40. The van der Waals surface area contributed by atoms with Gasteiger partial charge in [0.2, 0.25) is 0 Å². The van der Waals surface area contributed by atoms with E-state index in [2.05, 4.69) is 0 Å². The number of benzene rings is 2. The number of halogens is 1. The first-order valence-electron chi connectivity index (χ1n) is 10.2. The van der Waals surface area contributed by atoms with E-state index in [1.54, 1.807) is 25.1 Å². The van der Waals surface area contributed by atoms with Gasteiger partial charge in [0.05, 0.1) is 22.8 Å². The van der Waals surface area contributed by atoms with Crippen LogP contribution >= 0.6 is 11.3 Å². The second-order valence-corrected chi connectivity index (χ2v) is 9.82. The molecule has 1 aliphatic heterocycles. The summed E-state index contributed by atoms with van der Waals surface area (Å²) in [6, 6.07) is 13.9. The maximum Gasteiger partial charge on any atom is 0.348 e. The maximum absolute atomic E-state index is 13.6. The molecule has 4 rings (SSSR count). The lowest BCUT2D eigenvalue weighted by molar-refractivity contribution is 0.0532. The monoisotopic (exact) mass is 490 g/mol. The number of carbonyl (C=O) groups is 2. The molecular weight excluding hydrogens is 467 g/mol. The number of anilines is 1. The van der Waals surface area contributed by atoms with E-state index in [1.807, 2.05) is 23.6 Å². The minimum atomic E-state index is -3.89. The van der Waals surface area contributed by atoms with Crippen molar-refractivity contribution in [2.75, 3.05) is 17.5 Å². The van der Waals surface area contributed by atoms with E-state index in [-0.39, 0.29) is 10.9 Å². The van der Waals surface area contributed by atoms with E-state index in [0.29, 0.717) is 30.1 Å². The molecule has 0 aliphatic carbocycles. The lowest BCUT2D eigenvalue weighted by Gasteiger charge is -2.30. The van der Waals surface area contributed by atoms with Crippen molar-refractivity contribution in [2.24, 2.45) is 5.73 Å². The lowest BCUT2D eigenvalue weighted by atomic mass is 10.0. The third-order valence-corrected chi connectivity index (χ3v) is 7.52. The van der Waals surface area contributed by atoms with Crippen molar-refractivity contribution in [1.82, 2.24) is 0 Å². The van der Waals surface area contributed by atoms with Gasteiger partial charge in [0.1, 0.15) is 10.7 Å². The van der Waals surface area contributed by atoms with Crippen LogP contribution in [0.4, 0.5) is 10.1 Å². The van der Waals surface area contributed by atoms with E-state index in [1.165, 1.54) is 15.6 Å². The Morgan fingerprint density at radius 3 is 2.58 bits per heavy atom. The fraction of sp³-hybridized carbons (Fsp3) is 0.217. The van der Waals surface area contributed by atoms with Gasteiger partial charge in [-0.25, -0.2) is 17.6 Å². The van der Waals surface area contributed by atoms with E-state index in [9.17, 15) is 22.4 Å². The molecule has 7 nitrogen and oxygen atoms in total. The van der Waals surface area contributed by atoms with Gasteiger partial charge in [-0.3, -0.25) is 9.10 Å². The van der Waals surface area contributed by atoms with E-state index < -0.39 is 27.3 Å². The summed E-state index contributed by atoms with van der Waals surface area (Å²) in [6.07, 6.45) is 1.50. The minimum Gasteiger partial charge on any atom is -0.462 e. The summed E-state index contributed by atoms with van der Waals surface area (Å²) in [6.45, 7) is 2.57. The summed E-state index contributed by atoms with van der Waals surface area (Å²) in [7, 11) is -3.89. The topological polar surface area (TPSA) is 107 Å². The van der Waals surface area contributed by atoms with Crippen LogP contribution in [0, 0.1) is 5.82 Å². The van der Waals surface area contributed by atoms with Crippen molar-refractivity contribution in [3.8, 4) is 0 Å². The summed E-state index contributed by atoms with van der Waals surface area (Å²) in [4.78, 5) is 22.7. The first-order valence-corrected chi connectivity index (χ1v) is 12.5. The molecule has 174 valence electrons. The molecule has 0 bridgehead atoms. The van der Waals surface area contributed by atoms with Crippen molar-refractivity contribution in [3.05, 3.63) is 81.8 Å². The molecule has 1 amide bonds. The standard InChI is InChI=1S/C16H15FN2O3S.C7H8O2S/c17-14-8-7-12(10-13(14)16(18)20)23(21,22)19-9-3-5-11-4-1-2-6-15(11)19;1-2-9-7(8)6-4-3-5-10-6/h1-2,4,6-8,10H,3,5,9H2,(H2,18,20);3-5H,2H2,1H3. The quantitative estimate of drug-likeness (QED) is 0.544. The van der Waals surface area contributed by atoms with Crippen LogP contribution in [0.3, 0.4) is 0 Å².